The van der Waals surface area contributed by atoms with E-state index in [9.17, 15) is 5.11 Å². The maximum atomic E-state index is 11.5. The molecule has 1 aromatic carbocycles. The highest BCUT2D eigenvalue weighted by Crippen LogP contribution is 2.52. The summed E-state index contributed by atoms with van der Waals surface area (Å²) >= 11 is 0. The predicted molar refractivity (Wildman–Crippen MR) is 101 cm³/mol. The molecule has 1 N–H and O–H groups in total. The summed E-state index contributed by atoms with van der Waals surface area (Å²) in [5, 5.41) is 11.5. The van der Waals surface area contributed by atoms with E-state index in [4.69, 9.17) is 9.47 Å². The molecule has 3 atom stereocenters. The first kappa shape index (κ1) is 18.4. The van der Waals surface area contributed by atoms with Gasteiger partial charge in [-0.2, -0.15) is 0 Å². The molecule has 1 aromatic rings. The highest BCUT2D eigenvalue weighted by Gasteiger charge is 2.56. The molecule has 2 aliphatic rings. The molecule has 0 bridgehead atoms. The van der Waals surface area contributed by atoms with Crippen molar-refractivity contribution in [3.8, 4) is 0 Å². The SMILES string of the molecule is CC1=CC2(CC(C)(C)C1(O)/C=C/c1ccccc1C)OC(C)C(C)O2. The Bertz CT molecular complexity index is 706. The molecule has 1 heterocycles. The number of aryl methyl sites for hydroxylation is 1. The Hall–Kier alpha value is -1.42. The average Bonchev–Trinajstić information content (AvgIpc) is 2.77. The smallest absolute Gasteiger partial charge is 0.189 e. The van der Waals surface area contributed by atoms with Crippen LogP contribution in [0.4, 0.5) is 0 Å². The molecule has 1 fully saturated rings. The summed E-state index contributed by atoms with van der Waals surface area (Å²) in [5.41, 5.74) is 1.72. The molecule has 1 aliphatic heterocycles. The minimum Gasteiger partial charge on any atom is -0.381 e. The van der Waals surface area contributed by atoms with Gasteiger partial charge in [0.2, 0.25) is 0 Å². The number of hydrogen-bond acceptors (Lipinski definition) is 3. The Morgan fingerprint density at radius 2 is 1.68 bits per heavy atom. The second-order valence-corrected chi connectivity index (χ2v) is 8.30. The van der Waals surface area contributed by atoms with Gasteiger partial charge in [0.05, 0.1) is 12.2 Å². The van der Waals surface area contributed by atoms with E-state index in [1.54, 1.807) is 0 Å². The molecule has 3 unspecified atom stereocenters. The van der Waals surface area contributed by atoms with E-state index in [-0.39, 0.29) is 12.2 Å². The van der Waals surface area contributed by atoms with Crippen LogP contribution >= 0.6 is 0 Å². The average molecular weight is 342 g/mol. The van der Waals surface area contributed by atoms with Gasteiger partial charge < -0.3 is 14.6 Å². The summed E-state index contributed by atoms with van der Waals surface area (Å²) in [5.74, 6) is -0.727. The van der Waals surface area contributed by atoms with E-state index in [0.717, 1.165) is 11.1 Å². The molecule has 25 heavy (non-hydrogen) atoms. The van der Waals surface area contributed by atoms with Crippen LogP contribution in [0.5, 0.6) is 0 Å². The van der Waals surface area contributed by atoms with Crippen molar-refractivity contribution < 1.29 is 14.6 Å². The monoisotopic (exact) mass is 342 g/mol. The van der Waals surface area contributed by atoms with Crippen LogP contribution in [0.1, 0.15) is 52.2 Å². The van der Waals surface area contributed by atoms with Gasteiger partial charge in [-0.3, -0.25) is 0 Å². The lowest BCUT2D eigenvalue weighted by Gasteiger charge is -2.49. The van der Waals surface area contributed by atoms with Gasteiger partial charge in [0, 0.05) is 11.8 Å². The fraction of sp³-hybridized carbons (Fsp3) is 0.545. The van der Waals surface area contributed by atoms with Gasteiger partial charge in [0.15, 0.2) is 5.79 Å². The van der Waals surface area contributed by atoms with E-state index < -0.39 is 16.8 Å². The molecular formula is C22H30O3. The molecule has 0 radical (unpaired) electrons. The second-order valence-electron chi connectivity index (χ2n) is 8.30. The Morgan fingerprint density at radius 1 is 1.08 bits per heavy atom. The zero-order valence-electron chi connectivity index (χ0n) is 16.2. The first-order valence-corrected chi connectivity index (χ1v) is 9.11. The van der Waals surface area contributed by atoms with Gasteiger partial charge >= 0.3 is 0 Å². The van der Waals surface area contributed by atoms with Crippen LogP contribution in [0.15, 0.2) is 42.0 Å². The van der Waals surface area contributed by atoms with Crippen LogP contribution in [-0.2, 0) is 9.47 Å². The van der Waals surface area contributed by atoms with E-state index in [2.05, 4.69) is 32.9 Å². The number of ether oxygens (including phenoxy) is 2. The molecule has 1 saturated heterocycles. The van der Waals surface area contributed by atoms with Crippen molar-refractivity contribution in [2.45, 2.75) is 71.6 Å². The van der Waals surface area contributed by atoms with Crippen LogP contribution < -0.4 is 0 Å². The number of benzene rings is 1. The third kappa shape index (κ3) is 3.10. The Morgan fingerprint density at radius 3 is 2.24 bits per heavy atom. The lowest BCUT2D eigenvalue weighted by Crippen LogP contribution is -2.53. The molecule has 0 saturated carbocycles. The lowest BCUT2D eigenvalue weighted by molar-refractivity contribution is -0.183. The summed E-state index contributed by atoms with van der Waals surface area (Å²) in [6.45, 7) is 12.3. The largest absolute Gasteiger partial charge is 0.381 e. The minimum atomic E-state index is -1.04. The van der Waals surface area contributed by atoms with Gasteiger partial charge in [-0.15, -0.1) is 0 Å². The van der Waals surface area contributed by atoms with Gasteiger partial charge in [-0.25, -0.2) is 0 Å². The molecular weight excluding hydrogens is 312 g/mol. The third-order valence-corrected chi connectivity index (χ3v) is 5.88. The number of rotatable bonds is 2. The van der Waals surface area contributed by atoms with Crippen LogP contribution in [0.2, 0.25) is 0 Å². The Balaban J connectivity index is 1.97. The minimum absolute atomic E-state index is 0.0496. The van der Waals surface area contributed by atoms with Crippen molar-refractivity contribution in [3.05, 3.63) is 53.1 Å². The van der Waals surface area contributed by atoms with E-state index in [1.807, 2.05) is 51.1 Å². The molecule has 0 amide bonds. The molecule has 136 valence electrons. The second kappa shape index (κ2) is 6.08. The molecule has 3 heteroatoms. The van der Waals surface area contributed by atoms with Crippen molar-refractivity contribution in [2.75, 3.05) is 0 Å². The molecule has 1 spiro atoms. The zero-order valence-corrected chi connectivity index (χ0v) is 16.2. The Kier molecular flexibility index (Phi) is 4.47. The van der Waals surface area contributed by atoms with Crippen molar-refractivity contribution in [1.82, 2.24) is 0 Å². The summed E-state index contributed by atoms with van der Waals surface area (Å²) in [6, 6.07) is 8.19. The van der Waals surface area contributed by atoms with Crippen LogP contribution in [0.25, 0.3) is 6.08 Å². The normalized spacial score (nSPS) is 37.6. The van der Waals surface area contributed by atoms with Crippen LogP contribution in [0, 0.1) is 12.3 Å². The molecule has 0 aromatic heterocycles. The first-order chi connectivity index (χ1) is 11.6. The molecule has 3 rings (SSSR count). The lowest BCUT2D eigenvalue weighted by atomic mass is 9.63. The quantitative estimate of drug-likeness (QED) is 0.796. The standard InChI is InChI=1S/C22H30O3/c1-15-9-7-8-10-19(15)11-12-22(23)16(2)13-21(14-20(22,5)6)24-17(3)18(4)25-21/h7-13,17-18,23H,14H2,1-6H3/b12-11+. The highest BCUT2D eigenvalue weighted by molar-refractivity contribution is 5.56. The fourth-order valence-corrected chi connectivity index (χ4v) is 4.12. The molecule has 3 nitrogen and oxygen atoms in total. The van der Waals surface area contributed by atoms with Crippen LogP contribution in [-0.4, -0.2) is 28.7 Å². The number of aliphatic hydroxyl groups is 1. The maximum Gasteiger partial charge on any atom is 0.189 e. The van der Waals surface area contributed by atoms with Gasteiger partial charge in [0.25, 0.3) is 0 Å². The zero-order chi connectivity index (χ0) is 18.5. The van der Waals surface area contributed by atoms with Crippen molar-refractivity contribution in [1.29, 1.82) is 0 Å². The highest BCUT2D eigenvalue weighted by atomic mass is 16.8. The van der Waals surface area contributed by atoms with Gasteiger partial charge in [0.1, 0.15) is 5.60 Å². The van der Waals surface area contributed by atoms with Gasteiger partial charge in [-0.05, 0) is 56.5 Å². The first-order valence-electron chi connectivity index (χ1n) is 9.11. The van der Waals surface area contributed by atoms with Crippen molar-refractivity contribution in [2.24, 2.45) is 5.41 Å². The summed E-state index contributed by atoms with van der Waals surface area (Å²) in [4.78, 5) is 0. The van der Waals surface area contributed by atoms with E-state index in [0.29, 0.717) is 6.42 Å². The van der Waals surface area contributed by atoms with Crippen molar-refractivity contribution >= 4 is 6.08 Å². The summed E-state index contributed by atoms with van der Waals surface area (Å²) in [6.07, 6.45) is 6.63. The number of hydrogen-bond donors (Lipinski definition) is 1. The van der Waals surface area contributed by atoms with E-state index >= 15 is 0 Å². The summed E-state index contributed by atoms with van der Waals surface area (Å²) < 4.78 is 12.3. The Labute approximate surface area is 151 Å². The third-order valence-electron chi connectivity index (χ3n) is 5.88. The maximum absolute atomic E-state index is 11.5. The predicted octanol–water partition coefficient (Wildman–Crippen LogP) is 4.64. The van der Waals surface area contributed by atoms with Crippen molar-refractivity contribution in [3.63, 3.8) is 0 Å². The van der Waals surface area contributed by atoms with Gasteiger partial charge in [-0.1, -0.05) is 44.2 Å². The summed E-state index contributed by atoms with van der Waals surface area (Å²) in [7, 11) is 0. The topological polar surface area (TPSA) is 38.7 Å². The molecule has 1 aliphatic carbocycles. The fourth-order valence-electron chi connectivity index (χ4n) is 4.12. The van der Waals surface area contributed by atoms with Crippen LogP contribution in [0.3, 0.4) is 0 Å². The van der Waals surface area contributed by atoms with E-state index in [1.165, 1.54) is 5.56 Å².